The van der Waals surface area contributed by atoms with Gasteiger partial charge in [-0.1, -0.05) is 18.1 Å². The highest BCUT2D eigenvalue weighted by atomic mass is 32.2. The van der Waals surface area contributed by atoms with E-state index in [2.05, 4.69) is 16.6 Å². The molecule has 0 spiro atoms. The summed E-state index contributed by atoms with van der Waals surface area (Å²) in [6.07, 6.45) is 6.22. The van der Waals surface area contributed by atoms with Gasteiger partial charge < -0.3 is 5.32 Å². The van der Waals surface area contributed by atoms with E-state index in [1.165, 1.54) is 12.1 Å². The minimum absolute atomic E-state index is 0.149. The molecule has 0 radical (unpaired) electrons. The Morgan fingerprint density at radius 2 is 1.95 bits per heavy atom. The van der Waals surface area contributed by atoms with E-state index in [1.807, 2.05) is 6.92 Å². The maximum atomic E-state index is 11.6. The van der Waals surface area contributed by atoms with E-state index in [0.29, 0.717) is 6.54 Å². The van der Waals surface area contributed by atoms with Crippen molar-refractivity contribution in [3.05, 3.63) is 29.8 Å². The molecule has 1 unspecified atom stereocenters. The average Bonchev–Trinajstić information content (AvgIpc) is 2.38. The van der Waals surface area contributed by atoms with E-state index < -0.39 is 9.84 Å². The van der Waals surface area contributed by atoms with Gasteiger partial charge in [0.05, 0.1) is 24.0 Å². The normalized spacial score (nSPS) is 12.4. The SMILES string of the molecule is C#CCNCC(=O)NC(C)c1ccc(S(C)(=O)=O)cc1. The van der Waals surface area contributed by atoms with Gasteiger partial charge in [-0.05, 0) is 24.6 Å². The van der Waals surface area contributed by atoms with Crippen molar-refractivity contribution in [2.75, 3.05) is 19.3 Å². The monoisotopic (exact) mass is 294 g/mol. The summed E-state index contributed by atoms with van der Waals surface area (Å²) in [6, 6.07) is 6.24. The van der Waals surface area contributed by atoms with Gasteiger partial charge in [0.15, 0.2) is 9.84 Å². The van der Waals surface area contributed by atoms with Gasteiger partial charge in [-0.2, -0.15) is 0 Å². The lowest BCUT2D eigenvalue weighted by Crippen LogP contribution is -2.35. The number of nitrogens with one attached hydrogen (secondary N) is 2. The summed E-state index contributed by atoms with van der Waals surface area (Å²) in [4.78, 5) is 11.8. The molecule has 0 aliphatic carbocycles. The fourth-order valence-electron chi connectivity index (χ4n) is 1.63. The van der Waals surface area contributed by atoms with Gasteiger partial charge in [-0.15, -0.1) is 6.42 Å². The molecule has 1 atom stereocenters. The maximum absolute atomic E-state index is 11.6. The van der Waals surface area contributed by atoms with Crippen LogP contribution in [0.3, 0.4) is 0 Å². The van der Waals surface area contributed by atoms with Crippen molar-refractivity contribution in [2.45, 2.75) is 17.9 Å². The molecule has 2 N–H and O–H groups in total. The highest BCUT2D eigenvalue weighted by molar-refractivity contribution is 7.90. The molecule has 108 valence electrons. The van der Waals surface area contributed by atoms with E-state index in [1.54, 1.807) is 12.1 Å². The number of sulfone groups is 1. The molecule has 1 amide bonds. The van der Waals surface area contributed by atoms with Crippen LogP contribution in [0.25, 0.3) is 0 Å². The Labute approximate surface area is 119 Å². The van der Waals surface area contributed by atoms with Crippen LogP contribution in [-0.2, 0) is 14.6 Å². The van der Waals surface area contributed by atoms with Crippen molar-refractivity contribution in [3.63, 3.8) is 0 Å². The van der Waals surface area contributed by atoms with E-state index in [-0.39, 0.29) is 23.4 Å². The molecule has 20 heavy (non-hydrogen) atoms. The van der Waals surface area contributed by atoms with Crippen molar-refractivity contribution < 1.29 is 13.2 Å². The Morgan fingerprint density at radius 3 is 2.45 bits per heavy atom. The van der Waals surface area contributed by atoms with Gasteiger partial charge in [0.25, 0.3) is 0 Å². The molecule has 1 aromatic carbocycles. The van der Waals surface area contributed by atoms with Crippen LogP contribution in [0.5, 0.6) is 0 Å². The van der Waals surface area contributed by atoms with Gasteiger partial charge in [0.1, 0.15) is 0 Å². The smallest absolute Gasteiger partial charge is 0.234 e. The summed E-state index contributed by atoms with van der Waals surface area (Å²) in [5.74, 6) is 2.21. The molecular formula is C14H18N2O3S. The third-order valence-electron chi connectivity index (χ3n) is 2.70. The van der Waals surface area contributed by atoms with E-state index in [4.69, 9.17) is 6.42 Å². The predicted octanol–water partition coefficient (Wildman–Crippen LogP) is 0.490. The summed E-state index contributed by atoms with van der Waals surface area (Å²) in [6.45, 7) is 2.31. The summed E-state index contributed by atoms with van der Waals surface area (Å²) in [7, 11) is -3.20. The second-order valence-electron chi connectivity index (χ2n) is 4.44. The molecule has 0 saturated carbocycles. The number of terminal acetylenes is 1. The topological polar surface area (TPSA) is 75.3 Å². The van der Waals surface area contributed by atoms with E-state index in [0.717, 1.165) is 11.8 Å². The molecule has 0 heterocycles. The quantitative estimate of drug-likeness (QED) is 0.591. The molecule has 0 saturated heterocycles. The first-order valence-corrected chi connectivity index (χ1v) is 7.97. The van der Waals surface area contributed by atoms with Crippen LogP contribution < -0.4 is 10.6 Å². The number of carbonyl (C=O) groups excluding carboxylic acids is 1. The van der Waals surface area contributed by atoms with E-state index in [9.17, 15) is 13.2 Å². The van der Waals surface area contributed by atoms with Crippen molar-refractivity contribution >= 4 is 15.7 Å². The molecular weight excluding hydrogens is 276 g/mol. The van der Waals surface area contributed by atoms with Gasteiger partial charge in [0.2, 0.25) is 5.91 Å². The van der Waals surface area contributed by atoms with Crippen molar-refractivity contribution in [2.24, 2.45) is 0 Å². The zero-order chi connectivity index (χ0) is 15.2. The summed E-state index contributed by atoms with van der Waals surface area (Å²) < 4.78 is 22.7. The standard InChI is InChI=1S/C14H18N2O3S/c1-4-9-15-10-14(17)16-11(2)12-5-7-13(8-6-12)20(3,18)19/h1,5-8,11,15H,9-10H2,2-3H3,(H,16,17). The first-order chi connectivity index (χ1) is 9.34. The van der Waals surface area contributed by atoms with E-state index >= 15 is 0 Å². The molecule has 0 aliphatic rings. The minimum Gasteiger partial charge on any atom is -0.348 e. The van der Waals surface area contributed by atoms with Crippen molar-refractivity contribution in [1.29, 1.82) is 0 Å². The molecule has 6 heteroatoms. The Balaban J connectivity index is 2.62. The molecule has 0 fully saturated rings. The molecule has 0 aromatic heterocycles. The number of hydrogen-bond donors (Lipinski definition) is 2. The predicted molar refractivity (Wildman–Crippen MR) is 77.8 cm³/mol. The molecule has 1 aromatic rings. The Bertz CT molecular complexity index is 600. The highest BCUT2D eigenvalue weighted by Crippen LogP contribution is 2.15. The number of hydrogen-bond acceptors (Lipinski definition) is 4. The van der Waals surface area contributed by atoms with Gasteiger partial charge in [-0.3, -0.25) is 10.1 Å². The maximum Gasteiger partial charge on any atom is 0.234 e. The van der Waals surface area contributed by atoms with Gasteiger partial charge in [0, 0.05) is 6.26 Å². The van der Waals surface area contributed by atoms with Gasteiger partial charge in [-0.25, -0.2) is 8.42 Å². The molecule has 1 rings (SSSR count). The number of carbonyl (C=O) groups is 1. The second-order valence-corrected chi connectivity index (χ2v) is 6.45. The van der Waals surface area contributed by atoms with Crippen LogP contribution in [0.2, 0.25) is 0 Å². The van der Waals surface area contributed by atoms with Crippen LogP contribution in [0.1, 0.15) is 18.5 Å². The van der Waals surface area contributed by atoms with Gasteiger partial charge >= 0.3 is 0 Å². The molecule has 0 bridgehead atoms. The Morgan fingerprint density at radius 1 is 1.35 bits per heavy atom. The average molecular weight is 294 g/mol. The van der Waals surface area contributed by atoms with Crippen LogP contribution in [0, 0.1) is 12.3 Å². The zero-order valence-electron chi connectivity index (χ0n) is 11.5. The van der Waals surface area contributed by atoms with Crippen LogP contribution in [0.15, 0.2) is 29.2 Å². The fourth-order valence-corrected chi connectivity index (χ4v) is 2.26. The van der Waals surface area contributed by atoms with Crippen LogP contribution >= 0.6 is 0 Å². The van der Waals surface area contributed by atoms with Crippen LogP contribution in [0.4, 0.5) is 0 Å². The Kier molecular flexibility index (Phi) is 5.74. The van der Waals surface area contributed by atoms with Crippen molar-refractivity contribution in [1.82, 2.24) is 10.6 Å². The van der Waals surface area contributed by atoms with Crippen molar-refractivity contribution in [3.8, 4) is 12.3 Å². The molecule has 5 nitrogen and oxygen atoms in total. The summed E-state index contributed by atoms with van der Waals surface area (Å²) in [5.41, 5.74) is 0.836. The Hall–Kier alpha value is -1.84. The summed E-state index contributed by atoms with van der Waals surface area (Å²) in [5, 5.41) is 5.59. The third kappa shape index (κ3) is 5.03. The number of benzene rings is 1. The first-order valence-electron chi connectivity index (χ1n) is 6.08. The lowest BCUT2D eigenvalue weighted by atomic mass is 10.1. The second kappa shape index (κ2) is 7.08. The largest absolute Gasteiger partial charge is 0.348 e. The van der Waals surface area contributed by atoms with Crippen LogP contribution in [-0.4, -0.2) is 33.7 Å². The number of rotatable bonds is 6. The highest BCUT2D eigenvalue weighted by Gasteiger charge is 2.11. The zero-order valence-corrected chi connectivity index (χ0v) is 12.3. The number of amides is 1. The first kappa shape index (κ1) is 16.2. The lowest BCUT2D eigenvalue weighted by molar-refractivity contribution is -0.120. The lowest BCUT2D eigenvalue weighted by Gasteiger charge is -2.14. The summed E-state index contributed by atoms with van der Waals surface area (Å²) >= 11 is 0. The fraction of sp³-hybridized carbons (Fsp3) is 0.357. The minimum atomic E-state index is -3.20. The third-order valence-corrected chi connectivity index (χ3v) is 3.83. The molecule has 0 aliphatic heterocycles.